The van der Waals surface area contributed by atoms with Crippen molar-refractivity contribution in [3.63, 3.8) is 0 Å². The fourth-order valence-corrected chi connectivity index (χ4v) is 3.11. The minimum atomic E-state index is -0.344. The summed E-state index contributed by atoms with van der Waals surface area (Å²) in [5.41, 5.74) is 4.77. The zero-order chi connectivity index (χ0) is 20.6. The Morgan fingerprint density at radius 3 is 2.66 bits per heavy atom. The van der Waals surface area contributed by atoms with E-state index in [0.29, 0.717) is 21.5 Å². The maximum absolute atomic E-state index is 12.2. The van der Waals surface area contributed by atoms with Crippen molar-refractivity contribution in [1.29, 1.82) is 0 Å². The number of anilines is 1. The molecule has 2 aromatic carbocycles. The first-order chi connectivity index (χ1) is 14.0. The molecule has 0 saturated heterocycles. The highest BCUT2D eigenvalue weighted by atomic mass is 32.1. The Bertz CT molecular complexity index is 1030. The Hall–Kier alpha value is -3.59. The van der Waals surface area contributed by atoms with Gasteiger partial charge in [0.25, 0.3) is 5.91 Å². The summed E-state index contributed by atoms with van der Waals surface area (Å²) in [5.74, 6) is 0.0332. The lowest BCUT2D eigenvalue weighted by atomic mass is 10.1. The Kier molecular flexibility index (Phi) is 6.64. The first-order valence-corrected chi connectivity index (χ1v) is 9.52. The van der Waals surface area contributed by atoms with E-state index in [0.717, 1.165) is 22.5 Å². The number of para-hydroxylation sites is 1. The number of amides is 2. The van der Waals surface area contributed by atoms with E-state index in [1.54, 1.807) is 25.3 Å². The third kappa shape index (κ3) is 5.69. The van der Waals surface area contributed by atoms with Crippen molar-refractivity contribution in [2.45, 2.75) is 13.3 Å². The van der Waals surface area contributed by atoms with Crippen molar-refractivity contribution in [2.24, 2.45) is 5.10 Å². The van der Waals surface area contributed by atoms with Crippen LogP contribution >= 0.6 is 11.3 Å². The molecule has 2 amide bonds. The monoisotopic (exact) mass is 409 g/mol. The van der Waals surface area contributed by atoms with Crippen LogP contribution in [0, 0.1) is 6.92 Å². The summed E-state index contributed by atoms with van der Waals surface area (Å²) in [7, 11) is 1.57. The highest BCUT2D eigenvalue weighted by molar-refractivity contribution is 7.15. The summed E-state index contributed by atoms with van der Waals surface area (Å²) in [6, 6.07) is 14.5. The van der Waals surface area contributed by atoms with Gasteiger partial charge in [0.15, 0.2) is 0 Å². The molecule has 8 nitrogen and oxygen atoms in total. The molecular formula is C20H19N5O3S. The third-order valence-corrected chi connectivity index (χ3v) is 4.68. The number of carbonyl (C=O) groups is 2. The number of aromatic nitrogens is 2. The van der Waals surface area contributed by atoms with Gasteiger partial charge in [-0.3, -0.25) is 14.9 Å². The first kappa shape index (κ1) is 20.2. The van der Waals surface area contributed by atoms with Crippen molar-refractivity contribution < 1.29 is 14.3 Å². The fourth-order valence-electron chi connectivity index (χ4n) is 2.37. The van der Waals surface area contributed by atoms with Crippen molar-refractivity contribution >= 4 is 34.5 Å². The van der Waals surface area contributed by atoms with Gasteiger partial charge >= 0.3 is 0 Å². The Morgan fingerprint density at radius 1 is 1.14 bits per heavy atom. The minimum absolute atomic E-state index is 0.00132. The van der Waals surface area contributed by atoms with Crippen LogP contribution in [0.2, 0.25) is 0 Å². The Balaban J connectivity index is 1.53. The number of hydrogen-bond donors (Lipinski definition) is 2. The molecule has 0 spiro atoms. The molecule has 3 aromatic rings. The number of hydrazone groups is 1. The van der Waals surface area contributed by atoms with E-state index in [-0.39, 0.29) is 18.2 Å². The SMILES string of the molecule is COc1ccccc1/C=N/NC(=O)Cc1nnc(NC(=O)c2ccc(C)cc2)s1. The molecule has 0 unspecified atom stereocenters. The highest BCUT2D eigenvalue weighted by Crippen LogP contribution is 2.17. The molecule has 3 rings (SSSR count). The van der Waals surface area contributed by atoms with Crippen LogP contribution in [0.4, 0.5) is 5.13 Å². The van der Waals surface area contributed by atoms with E-state index in [4.69, 9.17) is 4.74 Å². The number of nitrogens with zero attached hydrogens (tertiary/aromatic N) is 3. The lowest BCUT2D eigenvalue weighted by Crippen LogP contribution is -2.19. The van der Waals surface area contributed by atoms with Gasteiger partial charge in [-0.15, -0.1) is 10.2 Å². The van der Waals surface area contributed by atoms with Crippen LogP contribution < -0.4 is 15.5 Å². The van der Waals surface area contributed by atoms with E-state index in [9.17, 15) is 9.59 Å². The van der Waals surface area contributed by atoms with Gasteiger partial charge in [0, 0.05) is 11.1 Å². The molecule has 0 atom stereocenters. The smallest absolute Gasteiger partial charge is 0.257 e. The van der Waals surface area contributed by atoms with Gasteiger partial charge in [0.05, 0.1) is 19.7 Å². The molecule has 0 saturated carbocycles. The van der Waals surface area contributed by atoms with Gasteiger partial charge in [-0.2, -0.15) is 5.10 Å². The molecule has 0 aliphatic heterocycles. The number of methoxy groups -OCH3 is 1. The lowest BCUT2D eigenvalue weighted by molar-refractivity contribution is -0.120. The number of nitrogens with one attached hydrogen (secondary N) is 2. The molecule has 29 heavy (non-hydrogen) atoms. The predicted molar refractivity (Wildman–Crippen MR) is 111 cm³/mol. The zero-order valence-electron chi connectivity index (χ0n) is 15.9. The average Bonchev–Trinajstić information content (AvgIpc) is 3.15. The summed E-state index contributed by atoms with van der Waals surface area (Å²) in [6.07, 6.45) is 1.51. The molecule has 0 bridgehead atoms. The highest BCUT2D eigenvalue weighted by Gasteiger charge is 2.12. The number of rotatable bonds is 7. The second-order valence-electron chi connectivity index (χ2n) is 6.03. The molecule has 2 N–H and O–H groups in total. The van der Waals surface area contributed by atoms with Crippen LogP contribution in [-0.4, -0.2) is 35.3 Å². The predicted octanol–water partition coefficient (Wildman–Crippen LogP) is 2.80. The molecule has 148 valence electrons. The van der Waals surface area contributed by atoms with Gasteiger partial charge in [-0.1, -0.05) is 41.2 Å². The van der Waals surface area contributed by atoms with Crippen molar-refractivity contribution in [2.75, 3.05) is 12.4 Å². The van der Waals surface area contributed by atoms with Crippen LogP contribution in [0.5, 0.6) is 5.75 Å². The van der Waals surface area contributed by atoms with Crippen LogP contribution in [0.1, 0.15) is 26.5 Å². The third-order valence-electron chi connectivity index (χ3n) is 3.84. The van der Waals surface area contributed by atoms with Crippen molar-refractivity contribution in [3.8, 4) is 5.75 Å². The molecule has 1 aromatic heterocycles. The summed E-state index contributed by atoms with van der Waals surface area (Å²) in [5, 5.41) is 15.2. The van der Waals surface area contributed by atoms with Crippen LogP contribution in [0.15, 0.2) is 53.6 Å². The van der Waals surface area contributed by atoms with Crippen LogP contribution in [0.25, 0.3) is 0 Å². The maximum Gasteiger partial charge on any atom is 0.257 e. The number of hydrogen-bond acceptors (Lipinski definition) is 7. The average molecular weight is 409 g/mol. The summed E-state index contributed by atoms with van der Waals surface area (Å²) >= 11 is 1.14. The molecule has 0 fully saturated rings. The van der Waals surface area contributed by atoms with E-state index in [1.165, 1.54) is 6.21 Å². The zero-order valence-corrected chi connectivity index (χ0v) is 16.7. The number of aryl methyl sites for hydroxylation is 1. The number of benzene rings is 2. The van der Waals surface area contributed by atoms with E-state index in [2.05, 4.69) is 26.0 Å². The first-order valence-electron chi connectivity index (χ1n) is 8.70. The molecular weight excluding hydrogens is 390 g/mol. The largest absolute Gasteiger partial charge is 0.496 e. The Morgan fingerprint density at radius 2 is 1.90 bits per heavy atom. The quantitative estimate of drug-likeness (QED) is 0.461. The topological polar surface area (TPSA) is 106 Å². The second-order valence-corrected chi connectivity index (χ2v) is 7.10. The second kappa shape index (κ2) is 9.56. The Labute approximate surface area is 171 Å². The summed E-state index contributed by atoms with van der Waals surface area (Å²) in [4.78, 5) is 24.2. The molecule has 0 aliphatic rings. The van der Waals surface area contributed by atoms with Crippen LogP contribution in [-0.2, 0) is 11.2 Å². The summed E-state index contributed by atoms with van der Waals surface area (Å²) in [6.45, 7) is 1.95. The maximum atomic E-state index is 12.2. The molecule has 0 radical (unpaired) electrons. The normalized spacial score (nSPS) is 10.7. The standard InChI is InChI=1S/C20H19N5O3S/c1-13-7-9-14(10-8-13)19(27)22-20-25-24-18(29-20)11-17(26)23-21-12-15-5-3-4-6-16(15)28-2/h3-10,12H,11H2,1-2H3,(H,23,26)(H,22,25,27)/b21-12+. The van der Waals surface area contributed by atoms with Gasteiger partial charge in [0.1, 0.15) is 10.8 Å². The van der Waals surface area contributed by atoms with Gasteiger partial charge in [-0.05, 0) is 31.2 Å². The van der Waals surface area contributed by atoms with Gasteiger partial charge in [-0.25, -0.2) is 5.43 Å². The number of carbonyl (C=O) groups excluding carboxylic acids is 2. The molecule has 0 aliphatic carbocycles. The van der Waals surface area contributed by atoms with E-state index < -0.39 is 0 Å². The van der Waals surface area contributed by atoms with Crippen LogP contribution in [0.3, 0.4) is 0 Å². The van der Waals surface area contributed by atoms with Crippen molar-refractivity contribution in [3.05, 3.63) is 70.2 Å². The van der Waals surface area contributed by atoms with Gasteiger partial charge in [0.2, 0.25) is 11.0 Å². The lowest BCUT2D eigenvalue weighted by Gasteiger charge is -2.02. The van der Waals surface area contributed by atoms with E-state index in [1.807, 2.05) is 37.3 Å². The van der Waals surface area contributed by atoms with E-state index >= 15 is 0 Å². The fraction of sp³-hybridized carbons (Fsp3) is 0.150. The van der Waals surface area contributed by atoms with Crippen molar-refractivity contribution in [1.82, 2.24) is 15.6 Å². The summed E-state index contributed by atoms with van der Waals surface area (Å²) < 4.78 is 5.22. The number of ether oxygens (including phenoxy) is 1. The molecule has 9 heteroatoms. The van der Waals surface area contributed by atoms with Gasteiger partial charge < -0.3 is 4.74 Å². The molecule has 1 heterocycles. The minimum Gasteiger partial charge on any atom is -0.496 e.